The highest BCUT2D eigenvalue weighted by Gasteiger charge is 2.19. The molecule has 0 bridgehead atoms. The molecule has 0 fully saturated rings. The van der Waals surface area contributed by atoms with E-state index < -0.39 is 0 Å². The van der Waals surface area contributed by atoms with Crippen LogP contribution in [0.5, 0.6) is 11.6 Å². The molecule has 32 heavy (non-hydrogen) atoms. The van der Waals surface area contributed by atoms with E-state index in [4.69, 9.17) is 13.9 Å². The molecule has 3 aromatic heterocycles. The molecule has 0 radical (unpaired) electrons. The van der Waals surface area contributed by atoms with Crippen molar-refractivity contribution in [2.75, 3.05) is 13.7 Å². The highest BCUT2D eigenvalue weighted by molar-refractivity contribution is 5.94. The first-order valence-corrected chi connectivity index (χ1v) is 10.3. The molecule has 0 saturated heterocycles. The molecule has 0 aliphatic carbocycles. The van der Waals surface area contributed by atoms with Crippen LogP contribution in [-0.2, 0) is 11.8 Å². The van der Waals surface area contributed by atoms with E-state index in [2.05, 4.69) is 15.4 Å². The van der Waals surface area contributed by atoms with Crippen molar-refractivity contribution in [1.29, 1.82) is 0 Å². The zero-order chi connectivity index (χ0) is 22.8. The van der Waals surface area contributed by atoms with Crippen molar-refractivity contribution in [2.45, 2.75) is 26.8 Å². The van der Waals surface area contributed by atoms with Gasteiger partial charge in [-0.25, -0.2) is 4.68 Å². The van der Waals surface area contributed by atoms with Crippen molar-refractivity contribution in [3.8, 4) is 22.9 Å². The molecule has 1 aromatic carbocycles. The highest BCUT2D eigenvalue weighted by atomic mass is 16.5. The maximum atomic E-state index is 12.4. The zero-order valence-corrected chi connectivity index (χ0v) is 18.8. The Morgan fingerprint density at radius 2 is 1.97 bits per heavy atom. The van der Waals surface area contributed by atoms with Crippen molar-refractivity contribution in [1.82, 2.24) is 20.1 Å². The molecule has 3 heterocycles. The summed E-state index contributed by atoms with van der Waals surface area (Å²) in [5, 5.41) is 8.49. The van der Waals surface area contributed by atoms with Crippen LogP contribution in [0.3, 0.4) is 0 Å². The predicted molar refractivity (Wildman–Crippen MR) is 121 cm³/mol. The van der Waals surface area contributed by atoms with E-state index in [-0.39, 0.29) is 18.6 Å². The zero-order valence-electron chi connectivity index (χ0n) is 18.8. The highest BCUT2D eigenvalue weighted by Crippen LogP contribution is 2.33. The minimum atomic E-state index is -0.229. The topological polar surface area (TPSA) is 91.4 Å². The Bertz CT molecular complexity index is 1260. The van der Waals surface area contributed by atoms with E-state index in [0.717, 1.165) is 39.3 Å². The van der Waals surface area contributed by atoms with Gasteiger partial charge < -0.3 is 19.2 Å². The number of ether oxygens (including phenoxy) is 2. The molecule has 0 spiro atoms. The molecule has 0 saturated carbocycles. The third-order valence-corrected chi connectivity index (χ3v) is 5.43. The van der Waals surface area contributed by atoms with Gasteiger partial charge >= 0.3 is 0 Å². The lowest BCUT2D eigenvalue weighted by Gasteiger charge is -2.15. The van der Waals surface area contributed by atoms with Crippen LogP contribution in [0.1, 0.15) is 29.9 Å². The first kappa shape index (κ1) is 21.4. The number of benzene rings is 1. The number of aryl methyl sites for hydroxylation is 3. The van der Waals surface area contributed by atoms with Crippen molar-refractivity contribution >= 4 is 16.9 Å². The number of aromatic nitrogens is 3. The van der Waals surface area contributed by atoms with E-state index in [1.165, 1.54) is 0 Å². The van der Waals surface area contributed by atoms with Crippen LogP contribution in [0.4, 0.5) is 0 Å². The lowest BCUT2D eigenvalue weighted by Crippen LogP contribution is -2.31. The number of pyridine rings is 1. The number of fused-ring (bicyclic) bond motifs is 1. The molecule has 1 unspecified atom stereocenters. The molecule has 1 N–H and O–H groups in total. The van der Waals surface area contributed by atoms with Gasteiger partial charge in [0.05, 0.1) is 24.8 Å². The van der Waals surface area contributed by atoms with Crippen LogP contribution in [-0.4, -0.2) is 34.4 Å². The Labute approximate surface area is 186 Å². The minimum absolute atomic E-state index is 0.135. The van der Waals surface area contributed by atoms with Crippen molar-refractivity contribution in [3.63, 3.8) is 0 Å². The van der Waals surface area contributed by atoms with Crippen molar-refractivity contribution in [2.24, 2.45) is 7.05 Å². The average Bonchev–Trinajstić information content (AvgIpc) is 3.35. The lowest BCUT2D eigenvalue weighted by molar-refractivity contribution is -0.123. The quantitative estimate of drug-likeness (QED) is 0.471. The number of nitrogens with one attached hydrogen (secondary N) is 1. The molecule has 8 nitrogen and oxygen atoms in total. The van der Waals surface area contributed by atoms with Gasteiger partial charge in [0, 0.05) is 18.7 Å². The summed E-state index contributed by atoms with van der Waals surface area (Å²) in [5.41, 5.74) is 4.37. The van der Waals surface area contributed by atoms with Crippen LogP contribution in [0.15, 0.2) is 47.1 Å². The second-order valence-corrected chi connectivity index (χ2v) is 7.69. The molecular formula is C24H26N4O4. The summed E-state index contributed by atoms with van der Waals surface area (Å²) >= 11 is 0. The standard InChI is InChI=1S/C24H26N4O4/c1-14-12-21(26-24-22(14)23(27-28(24)4)19-10-11-31-16(19)3)32-13-20(29)25-15(2)17-6-8-18(30-5)9-7-17/h6-12,15H,13H2,1-5H3,(H,25,29). The molecule has 4 rings (SSSR count). The van der Waals surface area contributed by atoms with Gasteiger partial charge in [-0.15, -0.1) is 0 Å². The van der Waals surface area contributed by atoms with Crippen molar-refractivity contribution < 1.29 is 18.7 Å². The summed E-state index contributed by atoms with van der Waals surface area (Å²) in [6, 6.07) is 11.1. The van der Waals surface area contributed by atoms with Crippen LogP contribution in [0, 0.1) is 13.8 Å². The SMILES string of the molecule is COc1ccc(C(C)NC(=O)COc2cc(C)c3c(-c4ccoc4C)nn(C)c3n2)cc1. The maximum absolute atomic E-state index is 12.4. The number of carbonyl (C=O) groups is 1. The summed E-state index contributed by atoms with van der Waals surface area (Å²) in [6.07, 6.45) is 1.65. The largest absolute Gasteiger partial charge is 0.497 e. The molecule has 1 atom stereocenters. The fourth-order valence-corrected chi connectivity index (χ4v) is 3.69. The van der Waals surface area contributed by atoms with Gasteiger partial charge in [0.1, 0.15) is 17.2 Å². The Morgan fingerprint density at radius 3 is 2.62 bits per heavy atom. The van der Waals surface area contributed by atoms with Gasteiger partial charge in [0.25, 0.3) is 5.91 Å². The third kappa shape index (κ3) is 4.16. The molecule has 166 valence electrons. The van der Waals surface area contributed by atoms with E-state index in [1.807, 2.05) is 64.2 Å². The summed E-state index contributed by atoms with van der Waals surface area (Å²) in [4.78, 5) is 17.0. The summed E-state index contributed by atoms with van der Waals surface area (Å²) < 4.78 is 18.0. The van der Waals surface area contributed by atoms with Crippen LogP contribution in [0.2, 0.25) is 0 Å². The molecular weight excluding hydrogens is 408 g/mol. The fourth-order valence-electron chi connectivity index (χ4n) is 3.69. The van der Waals surface area contributed by atoms with Gasteiger partial charge in [-0.1, -0.05) is 12.1 Å². The molecule has 0 aliphatic rings. The van der Waals surface area contributed by atoms with E-state index in [1.54, 1.807) is 18.1 Å². The Kier molecular flexibility index (Phi) is 5.85. The number of hydrogen-bond acceptors (Lipinski definition) is 6. The Morgan fingerprint density at radius 1 is 1.22 bits per heavy atom. The van der Waals surface area contributed by atoms with Gasteiger partial charge in [0.15, 0.2) is 12.3 Å². The third-order valence-electron chi connectivity index (χ3n) is 5.43. The number of furan rings is 1. The van der Waals surface area contributed by atoms with E-state index in [9.17, 15) is 4.79 Å². The predicted octanol–water partition coefficient (Wildman–Crippen LogP) is 4.11. The number of amides is 1. The summed E-state index contributed by atoms with van der Waals surface area (Å²) in [5.74, 6) is 1.72. The van der Waals surface area contributed by atoms with E-state index >= 15 is 0 Å². The first-order chi connectivity index (χ1) is 15.4. The van der Waals surface area contributed by atoms with Gasteiger partial charge in [0.2, 0.25) is 5.88 Å². The van der Waals surface area contributed by atoms with Gasteiger partial charge in [-0.2, -0.15) is 10.1 Å². The smallest absolute Gasteiger partial charge is 0.258 e. The van der Waals surface area contributed by atoms with Crippen LogP contribution < -0.4 is 14.8 Å². The normalized spacial score (nSPS) is 12.0. The van der Waals surface area contributed by atoms with E-state index in [0.29, 0.717) is 11.5 Å². The van der Waals surface area contributed by atoms with Crippen LogP contribution >= 0.6 is 0 Å². The minimum Gasteiger partial charge on any atom is -0.497 e. The van der Waals surface area contributed by atoms with Gasteiger partial charge in [-0.3, -0.25) is 4.79 Å². The first-order valence-electron chi connectivity index (χ1n) is 10.3. The second kappa shape index (κ2) is 8.74. The molecule has 8 heteroatoms. The molecule has 4 aromatic rings. The fraction of sp³-hybridized carbons (Fsp3) is 0.292. The Hall–Kier alpha value is -3.81. The van der Waals surface area contributed by atoms with Gasteiger partial charge in [-0.05, 0) is 50.1 Å². The summed E-state index contributed by atoms with van der Waals surface area (Å²) in [7, 11) is 3.45. The summed E-state index contributed by atoms with van der Waals surface area (Å²) in [6.45, 7) is 5.66. The maximum Gasteiger partial charge on any atom is 0.258 e. The number of carbonyl (C=O) groups excluding carboxylic acids is 1. The number of rotatable bonds is 7. The van der Waals surface area contributed by atoms with Crippen LogP contribution in [0.25, 0.3) is 22.3 Å². The number of methoxy groups -OCH3 is 1. The monoisotopic (exact) mass is 434 g/mol. The second-order valence-electron chi connectivity index (χ2n) is 7.69. The lowest BCUT2D eigenvalue weighted by atomic mass is 10.1. The molecule has 0 aliphatic heterocycles. The number of nitrogens with zero attached hydrogens (tertiary/aromatic N) is 3. The Balaban J connectivity index is 1.47. The van der Waals surface area contributed by atoms with Crippen molar-refractivity contribution in [3.05, 3.63) is 59.5 Å². The average molecular weight is 434 g/mol. The number of hydrogen-bond donors (Lipinski definition) is 1. The molecule has 1 amide bonds.